The molecule has 5 nitrogen and oxygen atoms in total. The molecule has 0 bridgehead atoms. The summed E-state index contributed by atoms with van der Waals surface area (Å²) < 4.78 is 7.88. The van der Waals surface area contributed by atoms with Crippen molar-refractivity contribution in [3.05, 3.63) is 30.1 Å². The Morgan fingerprint density at radius 3 is 2.96 bits per heavy atom. The standard InChI is InChI=1S/C18H23N3O2/c22-17(20-14-6-1-2-7-14)12-21-15(16-8-4-10-23-16)11-13-5-3-9-19-18(13)21/h3,5,9,11,14,16H,1-2,4,6-8,10,12H2,(H,20,22)/t16-/m0/s1. The highest BCUT2D eigenvalue weighted by atomic mass is 16.5. The number of nitrogens with one attached hydrogen (secondary N) is 1. The minimum absolute atomic E-state index is 0.0827. The van der Waals surface area contributed by atoms with Gasteiger partial charge in [0, 0.05) is 29.9 Å². The van der Waals surface area contributed by atoms with Crippen LogP contribution in [-0.2, 0) is 16.1 Å². The van der Waals surface area contributed by atoms with Crippen LogP contribution in [0.1, 0.15) is 50.3 Å². The molecule has 1 aliphatic carbocycles. The SMILES string of the molecule is O=C(Cn1c([C@@H]2CCCO2)cc2cccnc21)NC1CCCC1. The lowest BCUT2D eigenvalue weighted by Crippen LogP contribution is -2.35. The van der Waals surface area contributed by atoms with E-state index in [4.69, 9.17) is 4.74 Å². The molecule has 0 spiro atoms. The Morgan fingerprint density at radius 2 is 2.17 bits per heavy atom. The van der Waals surface area contributed by atoms with Crippen LogP contribution < -0.4 is 5.32 Å². The Kier molecular flexibility index (Phi) is 4.04. The Morgan fingerprint density at radius 1 is 1.30 bits per heavy atom. The highest BCUT2D eigenvalue weighted by Crippen LogP contribution is 2.32. The minimum atomic E-state index is 0.0827. The van der Waals surface area contributed by atoms with Crippen molar-refractivity contribution in [1.82, 2.24) is 14.9 Å². The van der Waals surface area contributed by atoms with E-state index < -0.39 is 0 Å². The van der Waals surface area contributed by atoms with Crippen LogP contribution in [0.15, 0.2) is 24.4 Å². The van der Waals surface area contributed by atoms with Gasteiger partial charge in [-0.05, 0) is 43.9 Å². The Labute approximate surface area is 136 Å². The third-order valence-electron chi connectivity index (χ3n) is 4.97. The van der Waals surface area contributed by atoms with Crippen molar-refractivity contribution in [3.63, 3.8) is 0 Å². The molecule has 23 heavy (non-hydrogen) atoms. The molecule has 1 saturated carbocycles. The Bertz CT molecular complexity index is 697. The van der Waals surface area contributed by atoms with Gasteiger partial charge in [0.15, 0.2) is 0 Å². The van der Waals surface area contributed by atoms with Gasteiger partial charge in [-0.15, -0.1) is 0 Å². The van der Waals surface area contributed by atoms with Crippen molar-refractivity contribution in [3.8, 4) is 0 Å². The number of amides is 1. The summed E-state index contributed by atoms with van der Waals surface area (Å²) in [5, 5.41) is 4.25. The number of rotatable bonds is 4. The summed E-state index contributed by atoms with van der Waals surface area (Å²) in [5.41, 5.74) is 1.96. The maximum absolute atomic E-state index is 12.5. The fourth-order valence-corrected chi connectivity index (χ4v) is 3.84. The third kappa shape index (κ3) is 2.98. The van der Waals surface area contributed by atoms with Gasteiger partial charge in [0.2, 0.25) is 5.91 Å². The number of pyridine rings is 1. The second-order valence-corrected chi connectivity index (χ2v) is 6.62. The molecule has 5 heteroatoms. The van der Waals surface area contributed by atoms with Gasteiger partial charge in [0.25, 0.3) is 0 Å². The van der Waals surface area contributed by atoms with E-state index in [-0.39, 0.29) is 12.0 Å². The first-order valence-electron chi connectivity index (χ1n) is 8.66. The van der Waals surface area contributed by atoms with Crippen LogP contribution >= 0.6 is 0 Å². The third-order valence-corrected chi connectivity index (χ3v) is 4.97. The fraction of sp³-hybridized carbons (Fsp3) is 0.556. The summed E-state index contributed by atoms with van der Waals surface area (Å²) in [5.74, 6) is 0.0827. The monoisotopic (exact) mass is 313 g/mol. The molecule has 2 aliphatic rings. The lowest BCUT2D eigenvalue weighted by molar-refractivity contribution is -0.122. The van der Waals surface area contributed by atoms with Crippen LogP contribution in [0.4, 0.5) is 0 Å². The molecule has 4 rings (SSSR count). The van der Waals surface area contributed by atoms with Crippen molar-refractivity contribution in [2.45, 2.75) is 57.2 Å². The zero-order valence-electron chi connectivity index (χ0n) is 13.3. The molecular formula is C18H23N3O2. The fourth-order valence-electron chi connectivity index (χ4n) is 3.84. The normalized spacial score (nSPS) is 22.0. The second-order valence-electron chi connectivity index (χ2n) is 6.62. The van der Waals surface area contributed by atoms with Crippen LogP contribution in [0.5, 0.6) is 0 Å². The first-order chi connectivity index (χ1) is 11.3. The number of carbonyl (C=O) groups excluding carboxylic acids is 1. The molecule has 2 aromatic heterocycles. The maximum atomic E-state index is 12.5. The van der Waals surface area contributed by atoms with Gasteiger partial charge in [0.05, 0.1) is 6.10 Å². The summed E-state index contributed by atoms with van der Waals surface area (Å²) in [6.45, 7) is 1.13. The van der Waals surface area contributed by atoms with Gasteiger partial charge >= 0.3 is 0 Å². The van der Waals surface area contributed by atoms with Crippen LogP contribution in [0.25, 0.3) is 11.0 Å². The zero-order valence-corrected chi connectivity index (χ0v) is 13.3. The number of hydrogen-bond acceptors (Lipinski definition) is 3. The predicted molar refractivity (Wildman–Crippen MR) is 88.1 cm³/mol. The molecular weight excluding hydrogens is 290 g/mol. The lowest BCUT2D eigenvalue weighted by Gasteiger charge is -2.16. The largest absolute Gasteiger partial charge is 0.372 e. The molecule has 1 N–H and O–H groups in total. The summed E-state index contributed by atoms with van der Waals surface area (Å²) >= 11 is 0. The highest BCUT2D eigenvalue weighted by Gasteiger charge is 2.25. The molecule has 0 radical (unpaired) electrons. The van der Waals surface area contributed by atoms with Gasteiger partial charge < -0.3 is 14.6 Å². The van der Waals surface area contributed by atoms with E-state index in [1.54, 1.807) is 6.20 Å². The lowest BCUT2D eigenvalue weighted by atomic mass is 10.2. The number of hydrogen-bond donors (Lipinski definition) is 1. The molecule has 1 saturated heterocycles. The predicted octanol–water partition coefficient (Wildman–Crippen LogP) is 2.95. The van der Waals surface area contributed by atoms with Crippen LogP contribution in [0, 0.1) is 0 Å². The summed E-state index contributed by atoms with van der Waals surface area (Å²) in [6.07, 6.45) is 8.62. The van der Waals surface area contributed by atoms with Crippen molar-refractivity contribution in [1.29, 1.82) is 0 Å². The number of aromatic nitrogens is 2. The minimum Gasteiger partial charge on any atom is -0.372 e. The molecule has 2 aromatic rings. The summed E-state index contributed by atoms with van der Waals surface area (Å²) in [6, 6.07) is 6.46. The van der Waals surface area contributed by atoms with Gasteiger partial charge in [-0.1, -0.05) is 12.8 Å². The average molecular weight is 313 g/mol. The topological polar surface area (TPSA) is 56.2 Å². The number of nitrogens with zero attached hydrogens (tertiary/aromatic N) is 2. The van der Waals surface area contributed by atoms with Crippen LogP contribution in [0.3, 0.4) is 0 Å². The first-order valence-corrected chi connectivity index (χ1v) is 8.66. The Balaban J connectivity index is 1.61. The van der Waals surface area contributed by atoms with E-state index in [1.165, 1.54) is 12.8 Å². The van der Waals surface area contributed by atoms with Gasteiger partial charge in [0.1, 0.15) is 12.2 Å². The van der Waals surface area contributed by atoms with E-state index in [1.807, 2.05) is 16.7 Å². The van der Waals surface area contributed by atoms with Gasteiger partial charge in [-0.3, -0.25) is 4.79 Å². The molecule has 3 heterocycles. The smallest absolute Gasteiger partial charge is 0.240 e. The van der Waals surface area contributed by atoms with E-state index in [0.29, 0.717) is 12.6 Å². The summed E-state index contributed by atoms with van der Waals surface area (Å²) in [7, 11) is 0. The second kappa shape index (κ2) is 6.32. The van der Waals surface area contributed by atoms with Gasteiger partial charge in [-0.2, -0.15) is 0 Å². The molecule has 1 amide bonds. The molecule has 122 valence electrons. The Hall–Kier alpha value is -1.88. The van der Waals surface area contributed by atoms with E-state index in [9.17, 15) is 4.79 Å². The van der Waals surface area contributed by atoms with Crippen molar-refractivity contribution in [2.75, 3.05) is 6.61 Å². The van der Waals surface area contributed by atoms with Crippen LogP contribution in [0.2, 0.25) is 0 Å². The number of fused-ring (bicyclic) bond motifs is 1. The molecule has 2 fully saturated rings. The van der Waals surface area contributed by atoms with E-state index in [2.05, 4.69) is 16.4 Å². The quantitative estimate of drug-likeness (QED) is 0.944. The zero-order chi connectivity index (χ0) is 15.6. The van der Waals surface area contributed by atoms with Gasteiger partial charge in [-0.25, -0.2) is 4.98 Å². The average Bonchev–Trinajstić information content (AvgIpc) is 3.28. The van der Waals surface area contributed by atoms with Crippen molar-refractivity contribution >= 4 is 16.9 Å². The molecule has 1 aliphatic heterocycles. The maximum Gasteiger partial charge on any atom is 0.240 e. The first kappa shape index (κ1) is 14.7. The van der Waals surface area contributed by atoms with Crippen LogP contribution in [-0.4, -0.2) is 28.1 Å². The number of ether oxygens (including phenoxy) is 1. The summed E-state index contributed by atoms with van der Waals surface area (Å²) in [4.78, 5) is 17.0. The van der Waals surface area contributed by atoms with Crippen molar-refractivity contribution in [2.24, 2.45) is 0 Å². The molecule has 0 aromatic carbocycles. The highest BCUT2D eigenvalue weighted by molar-refractivity contribution is 5.82. The van der Waals surface area contributed by atoms with Crippen molar-refractivity contribution < 1.29 is 9.53 Å². The van der Waals surface area contributed by atoms with E-state index in [0.717, 1.165) is 49.0 Å². The number of carbonyl (C=O) groups is 1. The van der Waals surface area contributed by atoms with E-state index >= 15 is 0 Å². The molecule has 1 atom stereocenters. The molecule has 0 unspecified atom stereocenters.